The zero-order chi connectivity index (χ0) is 11.7. The number of nitrogens with zero attached hydrogens (tertiary/aromatic N) is 2. The molecule has 0 aliphatic carbocycles. The molecule has 1 unspecified atom stereocenters. The minimum absolute atomic E-state index is 0.221. The van der Waals surface area contributed by atoms with Crippen LogP contribution >= 0.6 is 15.9 Å². The van der Waals surface area contributed by atoms with Crippen molar-refractivity contribution in [1.29, 1.82) is 0 Å². The number of anilines is 1. The minimum Gasteiger partial charge on any atom is -0.362 e. The molecular weight excluding hydrogens is 268 g/mol. The molecule has 0 fully saturated rings. The van der Waals surface area contributed by atoms with Crippen LogP contribution in [0, 0.1) is 0 Å². The van der Waals surface area contributed by atoms with Crippen molar-refractivity contribution >= 4 is 33.1 Å². The number of rotatable bonds is 1. The van der Waals surface area contributed by atoms with E-state index in [-0.39, 0.29) is 6.04 Å². The molecule has 0 saturated carbocycles. The van der Waals surface area contributed by atoms with Crippen molar-refractivity contribution in [3.63, 3.8) is 0 Å². The van der Waals surface area contributed by atoms with Crippen molar-refractivity contribution in [1.82, 2.24) is 10.9 Å². The van der Waals surface area contributed by atoms with E-state index in [1.54, 1.807) is 0 Å². The summed E-state index contributed by atoms with van der Waals surface area (Å²) in [7, 11) is 3.91. The Labute approximate surface area is 104 Å². The topological polar surface area (TPSA) is 39.7 Å². The lowest BCUT2D eigenvalue weighted by atomic mass is 10.1. The van der Waals surface area contributed by atoms with Gasteiger partial charge >= 0.3 is 0 Å². The molecule has 86 valence electrons. The summed E-state index contributed by atoms with van der Waals surface area (Å²) in [6, 6.07) is 6.26. The summed E-state index contributed by atoms with van der Waals surface area (Å²) in [5.41, 5.74) is 8.10. The Morgan fingerprint density at radius 2 is 2.19 bits per heavy atom. The predicted molar refractivity (Wildman–Crippen MR) is 71.3 cm³/mol. The van der Waals surface area contributed by atoms with Gasteiger partial charge in [-0.25, -0.2) is 10.4 Å². The molecule has 1 aromatic rings. The van der Waals surface area contributed by atoms with Gasteiger partial charge in [-0.05, 0) is 35.0 Å². The second-order valence-electron chi connectivity index (χ2n) is 3.77. The molecule has 4 nitrogen and oxygen atoms in total. The number of hydrogen-bond donors (Lipinski definition) is 2. The summed E-state index contributed by atoms with van der Waals surface area (Å²) in [6.07, 6.45) is 0. The first-order valence-corrected chi connectivity index (χ1v) is 5.97. The lowest BCUT2D eigenvalue weighted by Crippen LogP contribution is -2.49. The Hall–Kier alpha value is -1.07. The summed E-state index contributed by atoms with van der Waals surface area (Å²) in [4.78, 5) is 6.80. The first kappa shape index (κ1) is 11.4. The molecule has 0 radical (unpaired) electrons. The summed E-state index contributed by atoms with van der Waals surface area (Å²) < 4.78 is 1.08. The van der Waals surface area contributed by atoms with E-state index in [4.69, 9.17) is 0 Å². The van der Waals surface area contributed by atoms with Crippen LogP contribution in [-0.4, -0.2) is 26.0 Å². The molecule has 0 saturated heterocycles. The molecular formula is C11H15BrN4. The minimum atomic E-state index is 0.221. The Kier molecular flexibility index (Phi) is 3.16. The maximum Gasteiger partial charge on any atom is 0.139 e. The van der Waals surface area contributed by atoms with E-state index in [2.05, 4.69) is 50.6 Å². The van der Waals surface area contributed by atoms with Gasteiger partial charge in [0, 0.05) is 18.6 Å². The largest absolute Gasteiger partial charge is 0.362 e. The lowest BCUT2D eigenvalue weighted by Gasteiger charge is -2.33. The van der Waals surface area contributed by atoms with Crippen LogP contribution in [0.1, 0.15) is 6.92 Å². The van der Waals surface area contributed by atoms with Crippen molar-refractivity contribution in [2.75, 3.05) is 19.0 Å². The van der Waals surface area contributed by atoms with Gasteiger partial charge in [0.1, 0.15) is 5.84 Å². The van der Waals surface area contributed by atoms with Gasteiger partial charge in [-0.1, -0.05) is 6.07 Å². The average Bonchev–Trinajstić information content (AvgIpc) is 2.25. The SMILES string of the molecule is CNNC1=Nc2cccc(Br)c2N(C)C1C. The van der Waals surface area contributed by atoms with Crippen molar-refractivity contribution in [2.45, 2.75) is 13.0 Å². The number of fused-ring (bicyclic) bond motifs is 1. The lowest BCUT2D eigenvalue weighted by molar-refractivity contribution is 0.712. The van der Waals surface area contributed by atoms with Crippen molar-refractivity contribution < 1.29 is 0 Å². The Bertz CT molecular complexity index is 430. The second kappa shape index (κ2) is 4.43. The molecule has 2 N–H and O–H groups in total. The van der Waals surface area contributed by atoms with E-state index >= 15 is 0 Å². The second-order valence-corrected chi connectivity index (χ2v) is 4.62. The van der Waals surface area contributed by atoms with Crippen LogP contribution in [0.5, 0.6) is 0 Å². The number of amidine groups is 1. The third-order valence-electron chi connectivity index (χ3n) is 2.79. The van der Waals surface area contributed by atoms with Gasteiger partial charge in [-0.2, -0.15) is 0 Å². The number of para-hydroxylation sites is 1. The maximum absolute atomic E-state index is 4.60. The van der Waals surface area contributed by atoms with E-state index in [9.17, 15) is 0 Å². The van der Waals surface area contributed by atoms with Crippen LogP contribution in [0.4, 0.5) is 11.4 Å². The summed E-state index contributed by atoms with van der Waals surface area (Å²) >= 11 is 3.56. The number of hydrogen-bond acceptors (Lipinski definition) is 4. The highest BCUT2D eigenvalue weighted by Gasteiger charge is 2.25. The number of hydrazine groups is 1. The van der Waals surface area contributed by atoms with Gasteiger partial charge in [-0.15, -0.1) is 0 Å². The third-order valence-corrected chi connectivity index (χ3v) is 3.43. The van der Waals surface area contributed by atoms with E-state index in [1.807, 2.05) is 25.2 Å². The van der Waals surface area contributed by atoms with Crippen molar-refractivity contribution in [3.05, 3.63) is 22.7 Å². The molecule has 16 heavy (non-hydrogen) atoms. The summed E-state index contributed by atoms with van der Waals surface area (Å²) in [5, 5.41) is 0. The normalized spacial score (nSPS) is 19.1. The molecule has 1 heterocycles. The van der Waals surface area contributed by atoms with Crippen LogP contribution < -0.4 is 15.8 Å². The van der Waals surface area contributed by atoms with Gasteiger partial charge in [0.05, 0.1) is 17.4 Å². The number of benzene rings is 1. The van der Waals surface area contributed by atoms with Crippen LogP contribution in [-0.2, 0) is 0 Å². The molecule has 0 aromatic heterocycles. The first-order chi connectivity index (χ1) is 7.65. The Morgan fingerprint density at radius 1 is 1.44 bits per heavy atom. The molecule has 2 rings (SSSR count). The smallest absolute Gasteiger partial charge is 0.139 e. The van der Waals surface area contributed by atoms with E-state index < -0.39 is 0 Å². The number of halogens is 1. The molecule has 0 spiro atoms. The Morgan fingerprint density at radius 3 is 2.88 bits per heavy atom. The fourth-order valence-electron chi connectivity index (χ4n) is 1.80. The standard InChI is InChI=1S/C11H15BrN4/c1-7-11(15-13-2)14-9-6-4-5-8(12)10(9)16(7)3/h4-7,13H,1-3H3,(H,14,15). The van der Waals surface area contributed by atoms with Crippen LogP contribution in [0.2, 0.25) is 0 Å². The highest BCUT2D eigenvalue weighted by molar-refractivity contribution is 9.10. The molecule has 1 aromatic carbocycles. The van der Waals surface area contributed by atoms with Gasteiger partial charge in [0.25, 0.3) is 0 Å². The highest BCUT2D eigenvalue weighted by atomic mass is 79.9. The van der Waals surface area contributed by atoms with Gasteiger partial charge < -0.3 is 10.3 Å². The molecule has 1 aliphatic heterocycles. The van der Waals surface area contributed by atoms with Gasteiger partial charge in [0.2, 0.25) is 0 Å². The number of likely N-dealkylation sites (N-methyl/N-ethyl adjacent to an activating group) is 1. The fourth-order valence-corrected chi connectivity index (χ4v) is 2.44. The van der Waals surface area contributed by atoms with Crippen molar-refractivity contribution in [3.8, 4) is 0 Å². The van der Waals surface area contributed by atoms with E-state index in [0.29, 0.717) is 0 Å². The molecule has 5 heteroatoms. The van der Waals surface area contributed by atoms with Crippen LogP contribution in [0.15, 0.2) is 27.7 Å². The monoisotopic (exact) mass is 282 g/mol. The third kappa shape index (κ3) is 1.81. The summed E-state index contributed by atoms with van der Waals surface area (Å²) in [5.74, 6) is 0.926. The van der Waals surface area contributed by atoms with E-state index in [0.717, 1.165) is 21.7 Å². The zero-order valence-corrected chi connectivity index (χ0v) is 11.2. The first-order valence-electron chi connectivity index (χ1n) is 5.18. The average molecular weight is 283 g/mol. The van der Waals surface area contributed by atoms with Crippen LogP contribution in [0.25, 0.3) is 0 Å². The van der Waals surface area contributed by atoms with Gasteiger partial charge in [0.15, 0.2) is 0 Å². The molecule has 0 amide bonds. The quantitative estimate of drug-likeness (QED) is 0.775. The molecule has 0 bridgehead atoms. The molecule has 1 aliphatic rings. The zero-order valence-electron chi connectivity index (χ0n) is 9.58. The highest BCUT2D eigenvalue weighted by Crippen LogP contribution is 2.39. The number of aliphatic imine (C=N–C) groups is 1. The predicted octanol–water partition coefficient (Wildman–Crippen LogP) is 2.04. The molecule has 1 atom stereocenters. The van der Waals surface area contributed by atoms with E-state index in [1.165, 1.54) is 0 Å². The number of nitrogens with one attached hydrogen (secondary N) is 2. The Balaban J connectivity index is 2.50. The van der Waals surface area contributed by atoms with Crippen molar-refractivity contribution in [2.24, 2.45) is 4.99 Å². The van der Waals surface area contributed by atoms with Gasteiger partial charge in [-0.3, -0.25) is 0 Å². The fraction of sp³-hybridized carbons (Fsp3) is 0.364. The summed E-state index contributed by atoms with van der Waals surface area (Å²) in [6.45, 7) is 2.12. The maximum atomic E-state index is 4.60. The van der Waals surface area contributed by atoms with Crippen LogP contribution in [0.3, 0.4) is 0 Å².